The summed E-state index contributed by atoms with van der Waals surface area (Å²) in [6.45, 7) is 11.6. The van der Waals surface area contributed by atoms with Crippen molar-refractivity contribution in [3.05, 3.63) is 39.7 Å². The molecule has 0 aliphatic carbocycles. The van der Waals surface area contributed by atoms with E-state index in [9.17, 15) is 0 Å². The largest absolute Gasteiger partial charge is 0.306 e. The van der Waals surface area contributed by atoms with Gasteiger partial charge in [0.2, 0.25) is 0 Å². The minimum atomic E-state index is 0.129. The fraction of sp³-hybridized carbons (Fsp3) is 0.438. The third-order valence-electron chi connectivity index (χ3n) is 2.94. The molecule has 1 heterocycles. The molecule has 0 aliphatic rings. The molecule has 0 unspecified atom stereocenters. The second-order valence-electron chi connectivity index (χ2n) is 5.98. The average Bonchev–Trinajstić information content (AvgIpc) is 2.68. The fourth-order valence-electron chi connectivity index (χ4n) is 1.85. The highest BCUT2D eigenvalue weighted by atomic mass is 32.1. The van der Waals surface area contributed by atoms with Crippen molar-refractivity contribution in [2.45, 2.75) is 46.7 Å². The molecule has 2 aromatic rings. The van der Waals surface area contributed by atoms with Crippen LogP contribution in [0.1, 0.15) is 36.2 Å². The third-order valence-corrected chi connectivity index (χ3v) is 3.91. The fourth-order valence-corrected chi connectivity index (χ4v) is 2.74. The molecule has 2 nitrogen and oxygen atoms in total. The lowest BCUT2D eigenvalue weighted by Crippen LogP contribution is -2.34. The van der Waals surface area contributed by atoms with Gasteiger partial charge in [0.25, 0.3) is 0 Å². The Morgan fingerprint density at radius 1 is 1.11 bits per heavy atom. The molecule has 0 fully saturated rings. The second kappa shape index (κ2) is 5.43. The number of hydrogen-bond donors (Lipinski definition) is 1. The zero-order valence-electron chi connectivity index (χ0n) is 12.4. The topological polar surface area (TPSA) is 24.9 Å². The summed E-state index contributed by atoms with van der Waals surface area (Å²) in [6.07, 6.45) is 0. The molecule has 0 bridgehead atoms. The standard InChI is InChI=1S/C16H22N2S/c1-11-6-8-13(9-7-11)15-12(2)19-14(18-15)10-17-16(3,4)5/h6-9,17H,10H2,1-5H3. The van der Waals surface area contributed by atoms with Crippen molar-refractivity contribution in [2.24, 2.45) is 0 Å². The summed E-state index contributed by atoms with van der Waals surface area (Å²) in [5.41, 5.74) is 3.74. The number of aryl methyl sites for hydroxylation is 2. The lowest BCUT2D eigenvalue weighted by atomic mass is 10.1. The van der Waals surface area contributed by atoms with Crippen molar-refractivity contribution in [1.29, 1.82) is 0 Å². The molecule has 0 amide bonds. The summed E-state index contributed by atoms with van der Waals surface area (Å²) < 4.78 is 0. The molecule has 1 N–H and O–H groups in total. The Morgan fingerprint density at radius 2 is 1.74 bits per heavy atom. The van der Waals surface area contributed by atoms with E-state index in [1.165, 1.54) is 16.0 Å². The van der Waals surface area contributed by atoms with E-state index in [1.807, 2.05) is 0 Å². The molecule has 19 heavy (non-hydrogen) atoms. The van der Waals surface area contributed by atoms with Crippen LogP contribution in [0.3, 0.4) is 0 Å². The number of nitrogens with zero attached hydrogens (tertiary/aromatic N) is 1. The maximum Gasteiger partial charge on any atom is 0.107 e. The Hall–Kier alpha value is -1.19. The second-order valence-corrected chi connectivity index (χ2v) is 7.27. The van der Waals surface area contributed by atoms with Crippen LogP contribution < -0.4 is 5.32 Å². The summed E-state index contributed by atoms with van der Waals surface area (Å²) in [5, 5.41) is 4.64. The maximum absolute atomic E-state index is 4.77. The van der Waals surface area contributed by atoms with E-state index < -0.39 is 0 Å². The normalized spacial score (nSPS) is 11.8. The summed E-state index contributed by atoms with van der Waals surface area (Å²) in [6, 6.07) is 8.58. The predicted molar refractivity (Wildman–Crippen MR) is 83.6 cm³/mol. The molecule has 0 radical (unpaired) electrons. The Balaban J connectivity index is 2.19. The molecule has 0 atom stereocenters. The van der Waals surface area contributed by atoms with Crippen LogP contribution >= 0.6 is 11.3 Å². The quantitative estimate of drug-likeness (QED) is 0.902. The summed E-state index contributed by atoms with van der Waals surface area (Å²) in [7, 11) is 0. The molecule has 1 aromatic heterocycles. The molecule has 3 heteroatoms. The van der Waals surface area contributed by atoms with E-state index in [2.05, 4.69) is 64.2 Å². The van der Waals surface area contributed by atoms with Crippen molar-refractivity contribution < 1.29 is 0 Å². The van der Waals surface area contributed by atoms with Gasteiger partial charge in [-0.05, 0) is 34.6 Å². The molecule has 0 spiro atoms. The Bertz CT molecular complexity index is 547. The highest BCUT2D eigenvalue weighted by molar-refractivity contribution is 7.12. The molecule has 2 rings (SSSR count). The number of aromatic nitrogens is 1. The predicted octanol–water partition coefficient (Wildman–Crippen LogP) is 4.32. The minimum absolute atomic E-state index is 0.129. The highest BCUT2D eigenvalue weighted by Gasteiger charge is 2.13. The van der Waals surface area contributed by atoms with Crippen LogP contribution in [0.25, 0.3) is 11.3 Å². The van der Waals surface area contributed by atoms with Gasteiger partial charge >= 0.3 is 0 Å². The van der Waals surface area contributed by atoms with Gasteiger partial charge in [0.15, 0.2) is 0 Å². The summed E-state index contributed by atoms with van der Waals surface area (Å²) in [4.78, 5) is 6.06. The van der Waals surface area contributed by atoms with E-state index >= 15 is 0 Å². The van der Waals surface area contributed by atoms with Gasteiger partial charge in [0.1, 0.15) is 5.01 Å². The number of benzene rings is 1. The number of nitrogens with one attached hydrogen (secondary N) is 1. The van der Waals surface area contributed by atoms with Crippen LogP contribution in [0.2, 0.25) is 0 Å². The monoisotopic (exact) mass is 274 g/mol. The molecule has 1 aromatic carbocycles. The van der Waals surface area contributed by atoms with Crippen molar-refractivity contribution >= 4 is 11.3 Å². The van der Waals surface area contributed by atoms with Crippen LogP contribution in [-0.2, 0) is 6.54 Å². The van der Waals surface area contributed by atoms with E-state index in [4.69, 9.17) is 4.98 Å². The van der Waals surface area contributed by atoms with Gasteiger partial charge in [0, 0.05) is 22.5 Å². The number of rotatable bonds is 3. The van der Waals surface area contributed by atoms with Crippen molar-refractivity contribution in [3.63, 3.8) is 0 Å². The first-order valence-electron chi connectivity index (χ1n) is 6.63. The first-order valence-corrected chi connectivity index (χ1v) is 7.45. The number of thiazole rings is 1. The zero-order chi connectivity index (χ0) is 14.0. The zero-order valence-corrected chi connectivity index (χ0v) is 13.2. The molecular formula is C16H22N2S. The van der Waals surface area contributed by atoms with Gasteiger partial charge in [-0.25, -0.2) is 4.98 Å². The van der Waals surface area contributed by atoms with Crippen molar-refractivity contribution in [2.75, 3.05) is 0 Å². The highest BCUT2D eigenvalue weighted by Crippen LogP contribution is 2.27. The summed E-state index contributed by atoms with van der Waals surface area (Å²) >= 11 is 1.78. The van der Waals surface area contributed by atoms with Gasteiger partial charge in [-0.15, -0.1) is 11.3 Å². The molecule has 0 saturated heterocycles. The lowest BCUT2D eigenvalue weighted by molar-refractivity contribution is 0.424. The molecule has 102 valence electrons. The van der Waals surface area contributed by atoms with E-state index in [1.54, 1.807) is 11.3 Å². The van der Waals surface area contributed by atoms with Crippen LogP contribution in [0, 0.1) is 13.8 Å². The third kappa shape index (κ3) is 3.88. The molecular weight excluding hydrogens is 252 g/mol. The van der Waals surface area contributed by atoms with E-state index in [-0.39, 0.29) is 5.54 Å². The maximum atomic E-state index is 4.77. The van der Waals surface area contributed by atoms with Gasteiger partial charge in [-0.3, -0.25) is 0 Å². The van der Waals surface area contributed by atoms with Gasteiger partial charge in [-0.2, -0.15) is 0 Å². The average molecular weight is 274 g/mol. The van der Waals surface area contributed by atoms with Gasteiger partial charge in [-0.1, -0.05) is 29.8 Å². The Kier molecular flexibility index (Phi) is 4.07. The van der Waals surface area contributed by atoms with E-state index in [0.717, 1.165) is 17.2 Å². The summed E-state index contributed by atoms with van der Waals surface area (Å²) in [5.74, 6) is 0. The van der Waals surface area contributed by atoms with Crippen LogP contribution in [-0.4, -0.2) is 10.5 Å². The Labute approximate surface area is 119 Å². The van der Waals surface area contributed by atoms with Crippen LogP contribution in [0.5, 0.6) is 0 Å². The SMILES string of the molecule is Cc1ccc(-c2nc(CNC(C)(C)C)sc2C)cc1. The van der Waals surface area contributed by atoms with Gasteiger partial charge < -0.3 is 5.32 Å². The van der Waals surface area contributed by atoms with Crippen LogP contribution in [0.15, 0.2) is 24.3 Å². The van der Waals surface area contributed by atoms with E-state index in [0.29, 0.717) is 0 Å². The Morgan fingerprint density at radius 3 is 2.32 bits per heavy atom. The smallest absolute Gasteiger partial charge is 0.107 e. The van der Waals surface area contributed by atoms with Gasteiger partial charge in [0.05, 0.1) is 5.69 Å². The van der Waals surface area contributed by atoms with Crippen LogP contribution in [0.4, 0.5) is 0 Å². The molecule has 0 aliphatic heterocycles. The number of hydrogen-bond acceptors (Lipinski definition) is 3. The first-order chi connectivity index (χ1) is 8.85. The lowest BCUT2D eigenvalue weighted by Gasteiger charge is -2.19. The minimum Gasteiger partial charge on any atom is -0.306 e. The molecule has 0 saturated carbocycles. The van der Waals surface area contributed by atoms with Crippen molar-refractivity contribution in [3.8, 4) is 11.3 Å². The first kappa shape index (κ1) is 14.2. The van der Waals surface area contributed by atoms with Crippen molar-refractivity contribution in [1.82, 2.24) is 10.3 Å².